The van der Waals surface area contributed by atoms with Gasteiger partial charge in [-0.05, 0) is 25.0 Å². The summed E-state index contributed by atoms with van der Waals surface area (Å²) in [5, 5.41) is 0. The molecule has 0 saturated heterocycles. The Kier molecular flexibility index (Phi) is 9.07. The van der Waals surface area contributed by atoms with Gasteiger partial charge in [0.15, 0.2) is 0 Å². The van der Waals surface area contributed by atoms with Crippen molar-refractivity contribution in [1.29, 1.82) is 0 Å². The van der Waals surface area contributed by atoms with Crippen LogP contribution in [0.1, 0.15) is 37.8 Å². The molecule has 1 aromatic carbocycles. The van der Waals surface area contributed by atoms with E-state index in [9.17, 15) is 0 Å². The van der Waals surface area contributed by atoms with Crippen molar-refractivity contribution in [2.75, 3.05) is 13.2 Å². The lowest BCUT2D eigenvalue weighted by atomic mass is 10.1. The van der Waals surface area contributed by atoms with Crippen LogP contribution in [0.15, 0.2) is 24.3 Å². The average molecular weight is 270 g/mol. The lowest BCUT2D eigenvalue weighted by molar-refractivity contribution is 0.112. The van der Waals surface area contributed by atoms with E-state index in [4.69, 9.17) is 9.47 Å². The summed E-state index contributed by atoms with van der Waals surface area (Å²) in [5.74, 6) is 11.7. The minimum Gasteiger partial charge on any atom is -0.376 e. The standard InChI is InChI=1S/C18H22O2/c1-3-5-9-13-19-15-17-11-7-8-12-18(17)16-20-14-10-6-4-2/h7-8,11-12H,9-10,13-16H2,1-2H3. The summed E-state index contributed by atoms with van der Waals surface area (Å²) in [6.07, 6.45) is 1.57. The van der Waals surface area contributed by atoms with Gasteiger partial charge < -0.3 is 9.47 Å². The highest BCUT2D eigenvalue weighted by atomic mass is 16.5. The Morgan fingerprint density at radius 3 is 1.65 bits per heavy atom. The maximum Gasteiger partial charge on any atom is 0.0720 e. The average Bonchev–Trinajstić information content (AvgIpc) is 2.48. The van der Waals surface area contributed by atoms with Crippen LogP contribution in [0, 0.1) is 23.7 Å². The predicted octanol–water partition coefficient (Wildman–Crippen LogP) is 3.55. The van der Waals surface area contributed by atoms with Crippen molar-refractivity contribution in [3.8, 4) is 23.7 Å². The van der Waals surface area contributed by atoms with Gasteiger partial charge in [-0.25, -0.2) is 0 Å². The van der Waals surface area contributed by atoms with Crippen LogP contribution >= 0.6 is 0 Å². The van der Waals surface area contributed by atoms with Gasteiger partial charge in [0, 0.05) is 12.8 Å². The van der Waals surface area contributed by atoms with E-state index < -0.39 is 0 Å². The monoisotopic (exact) mass is 270 g/mol. The van der Waals surface area contributed by atoms with Gasteiger partial charge in [0.25, 0.3) is 0 Å². The van der Waals surface area contributed by atoms with Crippen molar-refractivity contribution in [1.82, 2.24) is 0 Å². The minimum atomic E-state index is 0.611. The molecule has 0 aliphatic rings. The van der Waals surface area contributed by atoms with Gasteiger partial charge in [-0.1, -0.05) is 24.3 Å². The molecule has 0 spiro atoms. The Morgan fingerprint density at radius 1 is 0.800 bits per heavy atom. The Bertz CT molecular complexity index is 450. The van der Waals surface area contributed by atoms with Crippen LogP contribution in [0.5, 0.6) is 0 Å². The number of ether oxygens (including phenoxy) is 2. The van der Waals surface area contributed by atoms with E-state index in [0.717, 1.165) is 12.8 Å². The summed E-state index contributed by atoms with van der Waals surface area (Å²) in [7, 11) is 0. The third-order valence-corrected chi connectivity index (χ3v) is 2.73. The molecule has 0 aliphatic heterocycles. The van der Waals surface area contributed by atoms with E-state index in [1.165, 1.54) is 11.1 Å². The van der Waals surface area contributed by atoms with E-state index >= 15 is 0 Å². The molecule has 0 amide bonds. The number of hydrogen-bond acceptors (Lipinski definition) is 2. The molecule has 0 aliphatic carbocycles. The first-order valence-corrected chi connectivity index (χ1v) is 6.90. The topological polar surface area (TPSA) is 18.5 Å². The first-order chi connectivity index (χ1) is 9.88. The lowest BCUT2D eigenvalue weighted by Crippen LogP contribution is -2.02. The zero-order chi connectivity index (χ0) is 14.5. The zero-order valence-electron chi connectivity index (χ0n) is 12.4. The van der Waals surface area contributed by atoms with Gasteiger partial charge in [-0.3, -0.25) is 0 Å². The molecular weight excluding hydrogens is 248 g/mol. The second-order valence-electron chi connectivity index (χ2n) is 4.23. The highest BCUT2D eigenvalue weighted by Gasteiger charge is 2.01. The van der Waals surface area contributed by atoms with Crippen molar-refractivity contribution in [3.63, 3.8) is 0 Å². The van der Waals surface area contributed by atoms with E-state index in [1.807, 2.05) is 26.0 Å². The molecule has 0 unspecified atom stereocenters. The second-order valence-corrected chi connectivity index (χ2v) is 4.23. The molecule has 0 radical (unpaired) electrons. The molecule has 0 atom stereocenters. The molecule has 0 bridgehead atoms. The van der Waals surface area contributed by atoms with Crippen LogP contribution in [0.2, 0.25) is 0 Å². The van der Waals surface area contributed by atoms with E-state index in [1.54, 1.807) is 0 Å². The Morgan fingerprint density at radius 2 is 1.25 bits per heavy atom. The maximum atomic E-state index is 5.63. The van der Waals surface area contributed by atoms with Gasteiger partial charge in [-0.2, -0.15) is 0 Å². The first kappa shape index (κ1) is 16.3. The van der Waals surface area contributed by atoms with Crippen LogP contribution < -0.4 is 0 Å². The molecule has 0 N–H and O–H groups in total. The van der Waals surface area contributed by atoms with Crippen molar-refractivity contribution in [3.05, 3.63) is 35.4 Å². The van der Waals surface area contributed by atoms with Crippen molar-refractivity contribution in [2.24, 2.45) is 0 Å². The first-order valence-electron chi connectivity index (χ1n) is 6.90. The SMILES string of the molecule is CC#CCCOCc1ccccc1COCCC#CC. The van der Waals surface area contributed by atoms with Crippen molar-refractivity contribution >= 4 is 0 Å². The molecule has 0 heterocycles. The van der Waals surface area contributed by atoms with Crippen LogP contribution in [0.25, 0.3) is 0 Å². The Balaban J connectivity index is 2.37. The third-order valence-electron chi connectivity index (χ3n) is 2.73. The minimum absolute atomic E-state index is 0.611. The molecule has 2 nitrogen and oxygen atoms in total. The van der Waals surface area contributed by atoms with Crippen LogP contribution in [-0.2, 0) is 22.7 Å². The molecule has 1 rings (SSSR count). The smallest absolute Gasteiger partial charge is 0.0720 e. The predicted molar refractivity (Wildman–Crippen MR) is 81.9 cm³/mol. The summed E-state index contributed by atoms with van der Waals surface area (Å²) in [6, 6.07) is 8.21. The summed E-state index contributed by atoms with van der Waals surface area (Å²) >= 11 is 0. The molecule has 20 heavy (non-hydrogen) atoms. The molecule has 106 valence electrons. The van der Waals surface area contributed by atoms with Crippen LogP contribution in [0.4, 0.5) is 0 Å². The third kappa shape index (κ3) is 7.00. The summed E-state index contributed by atoms with van der Waals surface area (Å²) in [5.41, 5.74) is 2.36. The fourth-order valence-electron chi connectivity index (χ4n) is 1.70. The van der Waals surface area contributed by atoms with Crippen molar-refractivity contribution in [2.45, 2.75) is 39.9 Å². The van der Waals surface area contributed by atoms with Gasteiger partial charge in [0.1, 0.15) is 0 Å². The van der Waals surface area contributed by atoms with E-state index in [2.05, 4.69) is 35.8 Å². The van der Waals surface area contributed by atoms with Crippen LogP contribution in [-0.4, -0.2) is 13.2 Å². The van der Waals surface area contributed by atoms with E-state index in [0.29, 0.717) is 26.4 Å². The van der Waals surface area contributed by atoms with Gasteiger partial charge in [0.2, 0.25) is 0 Å². The molecule has 2 heteroatoms. The van der Waals surface area contributed by atoms with Gasteiger partial charge in [0.05, 0.1) is 26.4 Å². The largest absolute Gasteiger partial charge is 0.376 e. The summed E-state index contributed by atoms with van der Waals surface area (Å²) in [4.78, 5) is 0. The fourth-order valence-corrected chi connectivity index (χ4v) is 1.70. The highest BCUT2D eigenvalue weighted by Crippen LogP contribution is 2.11. The normalized spacial score (nSPS) is 9.30. The molecular formula is C18H22O2. The Labute approximate surface area is 122 Å². The molecule has 0 fully saturated rings. The summed E-state index contributed by atoms with van der Waals surface area (Å²) < 4.78 is 11.3. The number of hydrogen-bond donors (Lipinski definition) is 0. The number of benzene rings is 1. The second kappa shape index (κ2) is 11.1. The summed E-state index contributed by atoms with van der Waals surface area (Å²) in [6.45, 7) is 6.24. The van der Waals surface area contributed by atoms with Crippen molar-refractivity contribution < 1.29 is 9.47 Å². The Hall–Kier alpha value is -1.74. The van der Waals surface area contributed by atoms with Crippen LogP contribution in [0.3, 0.4) is 0 Å². The van der Waals surface area contributed by atoms with Gasteiger partial charge in [-0.15, -0.1) is 23.7 Å². The van der Waals surface area contributed by atoms with E-state index in [-0.39, 0.29) is 0 Å². The maximum absolute atomic E-state index is 5.63. The fraction of sp³-hybridized carbons (Fsp3) is 0.444. The molecule has 1 aromatic rings. The van der Waals surface area contributed by atoms with Gasteiger partial charge >= 0.3 is 0 Å². The lowest BCUT2D eigenvalue weighted by Gasteiger charge is -2.10. The molecule has 0 saturated carbocycles. The highest BCUT2D eigenvalue weighted by molar-refractivity contribution is 5.25. The quantitative estimate of drug-likeness (QED) is 0.531. The number of rotatable bonds is 8. The zero-order valence-corrected chi connectivity index (χ0v) is 12.4. The molecule has 0 aromatic heterocycles.